The monoisotopic (exact) mass is 241 g/mol. The van der Waals surface area contributed by atoms with Gasteiger partial charge < -0.3 is 9.52 Å². The van der Waals surface area contributed by atoms with Gasteiger partial charge in [0.2, 0.25) is 10.0 Å². The normalized spacial score (nSPS) is 12.1. The van der Waals surface area contributed by atoms with Gasteiger partial charge in [0.25, 0.3) is 0 Å². The summed E-state index contributed by atoms with van der Waals surface area (Å²) in [5.41, 5.74) is 0.555. The second-order valence-electron chi connectivity index (χ2n) is 3.28. The van der Waals surface area contributed by atoms with Crippen LogP contribution >= 0.6 is 0 Å². The van der Waals surface area contributed by atoms with Crippen molar-refractivity contribution in [2.75, 3.05) is 7.05 Å². The lowest BCUT2D eigenvalue weighted by Crippen LogP contribution is -2.18. The second-order valence-corrected chi connectivity index (χ2v) is 5.16. The van der Waals surface area contributed by atoms with Crippen LogP contribution in [0.25, 0.3) is 11.0 Å². The van der Waals surface area contributed by atoms with E-state index in [1.165, 1.54) is 19.2 Å². The highest BCUT2D eigenvalue weighted by molar-refractivity contribution is 7.89. The second kappa shape index (κ2) is 3.89. The zero-order valence-electron chi connectivity index (χ0n) is 8.60. The summed E-state index contributed by atoms with van der Waals surface area (Å²) in [5, 5.41) is 9.54. The molecule has 1 heterocycles. The first kappa shape index (κ1) is 11.1. The van der Waals surface area contributed by atoms with E-state index in [1.54, 1.807) is 12.1 Å². The summed E-state index contributed by atoms with van der Waals surface area (Å²) < 4.78 is 30.5. The maximum Gasteiger partial charge on any atom is 0.240 e. The number of nitrogens with one attached hydrogen (secondary N) is 1. The van der Waals surface area contributed by atoms with Gasteiger partial charge in [0.15, 0.2) is 0 Å². The van der Waals surface area contributed by atoms with E-state index >= 15 is 0 Å². The summed E-state index contributed by atoms with van der Waals surface area (Å²) in [6.45, 7) is -0.206. The highest BCUT2D eigenvalue weighted by atomic mass is 32.2. The number of furan rings is 1. The van der Waals surface area contributed by atoms with E-state index in [0.29, 0.717) is 16.7 Å². The molecular formula is C10H11NO4S. The molecule has 0 aliphatic heterocycles. The number of benzene rings is 1. The molecule has 0 aliphatic carbocycles. The topological polar surface area (TPSA) is 79.5 Å². The third-order valence-corrected chi connectivity index (χ3v) is 3.69. The maximum atomic E-state index is 11.5. The number of aliphatic hydroxyl groups is 1. The van der Waals surface area contributed by atoms with Crippen molar-refractivity contribution in [3.05, 3.63) is 30.0 Å². The molecule has 0 unspecified atom stereocenters. The van der Waals surface area contributed by atoms with Gasteiger partial charge in [-0.25, -0.2) is 13.1 Å². The Labute approximate surface area is 92.7 Å². The standard InChI is InChI=1S/C10H11NO4S/c1-11-16(13,14)9-2-3-10-7(5-9)4-8(6-12)15-10/h2-5,11-12H,6H2,1H3. The van der Waals surface area contributed by atoms with Crippen LogP contribution in [0.3, 0.4) is 0 Å². The van der Waals surface area contributed by atoms with E-state index in [-0.39, 0.29) is 11.5 Å². The first-order chi connectivity index (χ1) is 7.56. The van der Waals surface area contributed by atoms with Gasteiger partial charge in [-0.1, -0.05) is 0 Å². The zero-order chi connectivity index (χ0) is 11.8. The van der Waals surface area contributed by atoms with E-state index in [1.807, 2.05) is 0 Å². The van der Waals surface area contributed by atoms with Crippen molar-refractivity contribution in [1.29, 1.82) is 0 Å². The van der Waals surface area contributed by atoms with Crippen molar-refractivity contribution in [3.8, 4) is 0 Å². The Morgan fingerprint density at radius 1 is 1.38 bits per heavy atom. The van der Waals surface area contributed by atoms with Crippen LogP contribution in [0, 0.1) is 0 Å². The van der Waals surface area contributed by atoms with Crippen LogP contribution in [0.2, 0.25) is 0 Å². The number of rotatable bonds is 3. The van der Waals surface area contributed by atoms with E-state index in [9.17, 15) is 8.42 Å². The quantitative estimate of drug-likeness (QED) is 0.834. The fraction of sp³-hybridized carbons (Fsp3) is 0.200. The molecule has 2 N–H and O–H groups in total. The predicted octanol–water partition coefficient (Wildman–Crippen LogP) is 0.833. The molecule has 2 aromatic rings. The molecule has 0 bridgehead atoms. The summed E-state index contributed by atoms with van der Waals surface area (Å²) in [5.74, 6) is 0.411. The van der Waals surface area contributed by atoms with Crippen LogP contribution in [-0.2, 0) is 16.6 Å². The van der Waals surface area contributed by atoms with Gasteiger partial charge in [-0.15, -0.1) is 0 Å². The smallest absolute Gasteiger partial charge is 0.240 e. The molecular weight excluding hydrogens is 230 g/mol. The summed E-state index contributed by atoms with van der Waals surface area (Å²) in [7, 11) is -2.09. The van der Waals surface area contributed by atoms with Crippen LogP contribution in [-0.4, -0.2) is 20.6 Å². The van der Waals surface area contributed by atoms with Gasteiger partial charge in [0.1, 0.15) is 18.0 Å². The Hall–Kier alpha value is -1.37. The minimum Gasteiger partial charge on any atom is -0.459 e. The molecule has 1 aromatic heterocycles. The Kier molecular flexibility index (Phi) is 2.71. The Bertz CT molecular complexity index is 615. The van der Waals surface area contributed by atoms with Crippen molar-refractivity contribution in [2.24, 2.45) is 0 Å². The number of hydrogen-bond donors (Lipinski definition) is 2. The number of aliphatic hydroxyl groups excluding tert-OH is 1. The molecule has 1 aromatic carbocycles. The van der Waals surface area contributed by atoms with Gasteiger partial charge >= 0.3 is 0 Å². The van der Waals surface area contributed by atoms with Crippen LogP contribution < -0.4 is 4.72 Å². The fourth-order valence-corrected chi connectivity index (χ4v) is 2.20. The predicted molar refractivity (Wildman–Crippen MR) is 58.4 cm³/mol. The Morgan fingerprint density at radius 2 is 2.12 bits per heavy atom. The number of sulfonamides is 1. The summed E-state index contributed by atoms with van der Waals surface area (Å²) in [6.07, 6.45) is 0. The molecule has 0 saturated carbocycles. The average molecular weight is 241 g/mol. The van der Waals surface area contributed by atoms with Gasteiger partial charge in [0.05, 0.1) is 4.90 Å². The minimum absolute atomic E-state index is 0.174. The van der Waals surface area contributed by atoms with Crippen molar-refractivity contribution < 1.29 is 17.9 Å². The van der Waals surface area contributed by atoms with Crippen molar-refractivity contribution in [3.63, 3.8) is 0 Å². The van der Waals surface area contributed by atoms with E-state index in [2.05, 4.69) is 4.72 Å². The molecule has 5 nitrogen and oxygen atoms in total. The molecule has 0 atom stereocenters. The number of hydrogen-bond acceptors (Lipinski definition) is 4. The first-order valence-electron chi connectivity index (χ1n) is 4.63. The lowest BCUT2D eigenvalue weighted by molar-refractivity contribution is 0.251. The fourth-order valence-electron chi connectivity index (χ4n) is 1.44. The largest absolute Gasteiger partial charge is 0.459 e. The van der Waals surface area contributed by atoms with Crippen LogP contribution in [0.1, 0.15) is 5.76 Å². The molecule has 0 spiro atoms. The van der Waals surface area contributed by atoms with Crippen molar-refractivity contribution in [2.45, 2.75) is 11.5 Å². The Balaban J connectivity index is 2.60. The molecule has 0 radical (unpaired) electrons. The van der Waals surface area contributed by atoms with Crippen molar-refractivity contribution in [1.82, 2.24) is 4.72 Å². The summed E-state index contributed by atoms with van der Waals surface area (Å²) in [4.78, 5) is 0.174. The SMILES string of the molecule is CNS(=O)(=O)c1ccc2oc(CO)cc2c1. The lowest BCUT2D eigenvalue weighted by Gasteiger charge is -2.01. The first-order valence-corrected chi connectivity index (χ1v) is 6.12. The summed E-state index contributed by atoms with van der Waals surface area (Å²) >= 11 is 0. The molecule has 0 aliphatic rings. The molecule has 0 amide bonds. The van der Waals surface area contributed by atoms with E-state index < -0.39 is 10.0 Å². The minimum atomic E-state index is -3.44. The highest BCUT2D eigenvalue weighted by Gasteiger charge is 2.13. The van der Waals surface area contributed by atoms with Gasteiger partial charge in [-0.3, -0.25) is 0 Å². The van der Waals surface area contributed by atoms with Crippen molar-refractivity contribution >= 4 is 21.0 Å². The lowest BCUT2D eigenvalue weighted by atomic mass is 10.2. The van der Waals surface area contributed by atoms with Crippen LogP contribution in [0.15, 0.2) is 33.6 Å². The summed E-state index contributed by atoms with van der Waals surface area (Å²) in [6, 6.07) is 6.14. The van der Waals surface area contributed by atoms with Gasteiger partial charge in [-0.2, -0.15) is 0 Å². The molecule has 16 heavy (non-hydrogen) atoms. The zero-order valence-corrected chi connectivity index (χ0v) is 9.41. The third kappa shape index (κ3) is 1.82. The van der Waals surface area contributed by atoms with E-state index in [4.69, 9.17) is 9.52 Å². The Morgan fingerprint density at radius 3 is 2.75 bits per heavy atom. The maximum absolute atomic E-state index is 11.5. The number of fused-ring (bicyclic) bond motifs is 1. The molecule has 86 valence electrons. The van der Waals surface area contributed by atoms with Gasteiger partial charge in [0, 0.05) is 5.39 Å². The molecule has 6 heteroatoms. The van der Waals surface area contributed by atoms with E-state index in [0.717, 1.165) is 0 Å². The third-order valence-electron chi connectivity index (χ3n) is 2.27. The van der Waals surface area contributed by atoms with Crippen LogP contribution in [0.4, 0.5) is 0 Å². The molecule has 0 fully saturated rings. The molecule has 2 rings (SSSR count). The molecule has 0 saturated heterocycles. The van der Waals surface area contributed by atoms with Gasteiger partial charge in [-0.05, 0) is 31.3 Å². The van der Waals surface area contributed by atoms with Crippen LogP contribution in [0.5, 0.6) is 0 Å². The highest BCUT2D eigenvalue weighted by Crippen LogP contribution is 2.22. The average Bonchev–Trinajstić information content (AvgIpc) is 2.70.